The largest absolute Gasteiger partial charge is 0.423 e. The number of nitrogens with zero attached hydrogens (tertiary/aromatic N) is 1. The SMILES string of the molecule is CC(=O)Oc1cc2c(c(Br)c1OC(C)=O)CCN(C)CC2. The quantitative estimate of drug-likeness (QED) is 0.601. The minimum atomic E-state index is -0.449. The molecule has 1 aromatic rings. The predicted molar refractivity (Wildman–Crippen MR) is 81.7 cm³/mol. The second kappa shape index (κ2) is 6.58. The van der Waals surface area contributed by atoms with Crippen LogP contribution in [-0.2, 0) is 22.4 Å². The summed E-state index contributed by atoms with van der Waals surface area (Å²) in [5.74, 6) is -0.329. The molecule has 6 heteroatoms. The van der Waals surface area contributed by atoms with E-state index in [4.69, 9.17) is 9.47 Å². The maximum Gasteiger partial charge on any atom is 0.308 e. The Labute approximate surface area is 132 Å². The van der Waals surface area contributed by atoms with E-state index in [-0.39, 0.29) is 11.5 Å². The van der Waals surface area contributed by atoms with Gasteiger partial charge in [-0.1, -0.05) is 0 Å². The highest BCUT2D eigenvalue weighted by Crippen LogP contribution is 2.41. The van der Waals surface area contributed by atoms with Crippen molar-refractivity contribution in [3.05, 3.63) is 21.7 Å². The molecule has 1 heterocycles. The number of hydrogen-bond acceptors (Lipinski definition) is 5. The number of halogens is 1. The molecular weight excluding hydrogens is 338 g/mol. The molecule has 0 bridgehead atoms. The molecule has 1 aliphatic rings. The molecule has 0 aliphatic carbocycles. The zero-order valence-electron chi connectivity index (χ0n) is 12.4. The Morgan fingerprint density at radius 2 is 1.76 bits per heavy atom. The normalized spacial score (nSPS) is 15.0. The van der Waals surface area contributed by atoms with Gasteiger partial charge >= 0.3 is 11.9 Å². The number of likely N-dealkylation sites (N-methyl/N-ethyl adjacent to an activating group) is 1. The molecule has 1 aliphatic heterocycles. The van der Waals surface area contributed by atoms with E-state index in [2.05, 4.69) is 27.9 Å². The van der Waals surface area contributed by atoms with Gasteiger partial charge < -0.3 is 14.4 Å². The number of carbonyl (C=O) groups is 2. The van der Waals surface area contributed by atoms with E-state index >= 15 is 0 Å². The molecule has 2 rings (SSSR count). The van der Waals surface area contributed by atoms with Crippen LogP contribution in [-0.4, -0.2) is 37.0 Å². The first-order chi connectivity index (χ1) is 9.88. The summed E-state index contributed by atoms with van der Waals surface area (Å²) in [7, 11) is 2.07. The molecule has 0 fully saturated rings. The number of fused-ring (bicyclic) bond motifs is 1. The third-order valence-corrected chi connectivity index (χ3v) is 4.23. The van der Waals surface area contributed by atoms with Crippen molar-refractivity contribution in [2.45, 2.75) is 26.7 Å². The number of ether oxygens (including phenoxy) is 2. The molecule has 1 aromatic carbocycles. The minimum absolute atomic E-state index is 0.279. The Bertz CT molecular complexity index is 586. The Morgan fingerprint density at radius 3 is 2.38 bits per heavy atom. The van der Waals surface area contributed by atoms with Crippen molar-refractivity contribution in [3.63, 3.8) is 0 Å². The van der Waals surface area contributed by atoms with Crippen LogP contribution in [0.5, 0.6) is 11.5 Å². The molecular formula is C15H18BrNO4. The summed E-state index contributed by atoms with van der Waals surface area (Å²) in [4.78, 5) is 24.8. The monoisotopic (exact) mass is 355 g/mol. The van der Waals surface area contributed by atoms with Crippen molar-refractivity contribution >= 4 is 27.9 Å². The summed E-state index contributed by atoms with van der Waals surface area (Å²) in [5, 5.41) is 0. The molecule has 5 nitrogen and oxygen atoms in total. The number of hydrogen-bond donors (Lipinski definition) is 0. The van der Waals surface area contributed by atoms with E-state index in [1.807, 2.05) is 0 Å². The van der Waals surface area contributed by atoms with Crippen molar-refractivity contribution in [1.82, 2.24) is 4.90 Å². The second-order valence-electron chi connectivity index (χ2n) is 5.15. The average Bonchev–Trinajstić information content (AvgIpc) is 2.56. The number of esters is 2. The van der Waals surface area contributed by atoms with Gasteiger partial charge in [0, 0.05) is 26.9 Å². The van der Waals surface area contributed by atoms with Gasteiger partial charge in [-0.3, -0.25) is 9.59 Å². The summed E-state index contributed by atoms with van der Waals surface area (Å²) in [6.07, 6.45) is 1.71. The van der Waals surface area contributed by atoms with Crippen molar-refractivity contribution in [2.75, 3.05) is 20.1 Å². The highest BCUT2D eigenvalue weighted by atomic mass is 79.9. The third-order valence-electron chi connectivity index (χ3n) is 3.39. The Morgan fingerprint density at radius 1 is 1.14 bits per heavy atom. The minimum Gasteiger partial charge on any atom is -0.423 e. The summed E-state index contributed by atoms with van der Waals surface area (Å²) in [5.41, 5.74) is 2.21. The molecule has 0 N–H and O–H groups in total. The fourth-order valence-electron chi connectivity index (χ4n) is 2.39. The lowest BCUT2D eigenvalue weighted by atomic mass is 10.0. The van der Waals surface area contributed by atoms with Crippen LogP contribution in [0.1, 0.15) is 25.0 Å². The Hall–Kier alpha value is -1.40. The molecule has 0 saturated carbocycles. The van der Waals surface area contributed by atoms with E-state index in [0.717, 1.165) is 37.1 Å². The van der Waals surface area contributed by atoms with Gasteiger partial charge in [-0.05, 0) is 53.0 Å². The maximum atomic E-state index is 11.3. The van der Waals surface area contributed by atoms with Gasteiger partial charge in [-0.25, -0.2) is 0 Å². The van der Waals surface area contributed by atoms with E-state index in [9.17, 15) is 9.59 Å². The molecule has 0 atom stereocenters. The van der Waals surface area contributed by atoms with Gasteiger partial charge in [0.05, 0.1) is 4.47 Å². The van der Waals surface area contributed by atoms with Gasteiger partial charge in [-0.15, -0.1) is 0 Å². The fraction of sp³-hybridized carbons (Fsp3) is 0.467. The molecule has 0 unspecified atom stereocenters. The lowest BCUT2D eigenvalue weighted by molar-refractivity contribution is -0.134. The first-order valence-electron chi connectivity index (χ1n) is 6.78. The average molecular weight is 356 g/mol. The molecule has 0 amide bonds. The summed E-state index contributed by atoms with van der Waals surface area (Å²) >= 11 is 3.50. The van der Waals surface area contributed by atoms with Gasteiger partial charge in [0.25, 0.3) is 0 Å². The van der Waals surface area contributed by atoms with Crippen molar-refractivity contribution < 1.29 is 19.1 Å². The maximum absolute atomic E-state index is 11.3. The van der Waals surface area contributed by atoms with Crippen LogP contribution in [0.3, 0.4) is 0 Å². The summed E-state index contributed by atoms with van der Waals surface area (Å²) in [6.45, 7) is 4.51. The zero-order valence-corrected chi connectivity index (χ0v) is 13.9. The number of benzene rings is 1. The summed E-state index contributed by atoms with van der Waals surface area (Å²) < 4.78 is 11.1. The van der Waals surface area contributed by atoms with Gasteiger partial charge in [-0.2, -0.15) is 0 Å². The first kappa shape index (κ1) is 16.0. The van der Waals surface area contributed by atoms with E-state index < -0.39 is 11.9 Å². The standard InChI is InChI=1S/C15H18BrNO4/c1-9(18)20-13-8-11-4-6-17(3)7-5-12(11)14(16)15(13)21-10(2)19/h8H,4-7H2,1-3H3. The van der Waals surface area contributed by atoms with Crippen LogP contribution in [0.25, 0.3) is 0 Å². The van der Waals surface area contributed by atoms with Crippen LogP contribution in [0.2, 0.25) is 0 Å². The van der Waals surface area contributed by atoms with Gasteiger partial charge in [0.15, 0.2) is 11.5 Å². The molecule has 0 aromatic heterocycles. The number of rotatable bonds is 2. The zero-order chi connectivity index (χ0) is 15.6. The third kappa shape index (κ3) is 3.83. The van der Waals surface area contributed by atoms with Crippen LogP contribution < -0.4 is 9.47 Å². The van der Waals surface area contributed by atoms with Gasteiger partial charge in [0.2, 0.25) is 0 Å². The second-order valence-corrected chi connectivity index (χ2v) is 5.94. The van der Waals surface area contributed by atoms with Crippen molar-refractivity contribution in [2.24, 2.45) is 0 Å². The predicted octanol–water partition coefficient (Wildman–Crippen LogP) is 2.33. The van der Waals surface area contributed by atoms with E-state index in [1.54, 1.807) is 6.07 Å². The summed E-state index contributed by atoms with van der Waals surface area (Å²) in [6, 6.07) is 1.80. The van der Waals surface area contributed by atoms with Crippen LogP contribution in [0.15, 0.2) is 10.5 Å². The van der Waals surface area contributed by atoms with Gasteiger partial charge in [0.1, 0.15) is 0 Å². The molecule has 0 radical (unpaired) electrons. The van der Waals surface area contributed by atoms with Crippen molar-refractivity contribution in [1.29, 1.82) is 0 Å². The van der Waals surface area contributed by atoms with Crippen molar-refractivity contribution in [3.8, 4) is 11.5 Å². The highest BCUT2D eigenvalue weighted by Gasteiger charge is 2.23. The smallest absolute Gasteiger partial charge is 0.308 e. The fourth-order valence-corrected chi connectivity index (χ4v) is 3.11. The van der Waals surface area contributed by atoms with Crippen LogP contribution in [0, 0.1) is 0 Å². The Kier molecular flexibility index (Phi) is 5.00. The lowest BCUT2D eigenvalue weighted by Crippen LogP contribution is -2.20. The molecule has 114 valence electrons. The lowest BCUT2D eigenvalue weighted by Gasteiger charge is -2.16. The number of carbonyl (C=O) groups excluding carboxylic acids is 2. The first-order valence-corrected chi connectivity index (χ1v) is 7.57. The topological polar surface area (TPSA) is 55.8 Å². The van der Waals surface area contributed by atoms with Crippen LogP contribution in [0.4, 0.5) is 0 Å². The molecule has 0 saturated heterocycles. The highest BCUT2D eigenvalue weighted by molar-refractivity contribution is 9.10. The Balaban J connectivity index is 2.51. The molecule has 0 spiro atoms. The van der Waals surface area contributed by atoms with Crippen LogP contribution >= 0.6 is 15.9 Å². The van der Waals surface area contributed by atoms with E-state index in [0.29, 0.717) is 4.47 Å². The molecule has 21 heavy (non-hydrogen) atoms. The van der Waals surface area contributed by atoms with E-state index in [1.165, 1.54) is 13.8 Å².